The van der Waals surface area contributed by atoms with Gasteiger partial charge in [0.15, 0.2) is 0 Å². The standard InChI is InChI=1S/C12H12N4OS/c1-17-10-4-2-3-9-11(10)15-12(13)16(9)6-8-5-14-7-18-8/h2-5,7H,6H2,1H3,(H2,13,15). The summed E-state index contributed by atoms with van der Waals surface area (Å²) in [5.41, 5.74) is 9.55. The summed E-state index contributed by atoms with van der Waals surface area (Å²) in [6, 6.07) is 5.81. The molecular formula is C12H12N4OS. The Morgan fingerprint density at radius 1 is 1.44 bits per heavy atom. The van der Waals surface area contributed by atoms with Gasteiger partial charge >= 0.3 is 0 Å². The smallest absolute Gasteiger partial charge is 0.201 e. The molecule has 0 spiro atoms. The second-order valence-electron chi connectivity index (χ2n) is 3.85. The second kappa shape index (κ2) is 4.30. The average molecular weight is 260 g/mol. The summed E-state index contributed by atoms with van der Waals surface area (Å²) in [6.07, 6.45) is 1.84. The van der Waals surface area contributed by atoms with Gasteiger partial charge < -0.3 is 15.0 Å². The molecule has 0 fully saturated rings. The number of rotatable bonds is 3. The Hall–Kier alpha value is -2.08. The largest absolute Gasteiger partial charge is 0.494 e. The van der Waals surface area contributed by atoms with Crippen molar-refractivity contribution >= 4 is 28.3 Å². The zero-order chi connectivity index (χ0) is 12.5. The molecule has 0 amide bonds. The predicted octanol–water partition coefficient (Wildman–Crippen LogP) is 2.13. The molecule has 0 aliphatic carbocycles. The Morgan fingerprint density at radius 3 is 3.06 bits per heavy atom. The number of imidazole rings is 1. The molecule has 3 aromatic rings. The zero-order valence-electron chi connectivity index (χ0n) is 9.83. The van der Waals surface area contributed by atoms with E-state index in [4.69, 9.17) is 10.5 Å². The van der Waals surface area contributed by atoms with E-state index in [1.165, 1.54) is 0 Å². The van der Waals surface area contributed by atoms with Crippen LogP contribution >= 0.6 is 11.3 Å². The molecule has 18 heavy (non-hydrogen) atoms. The maximum Gasteiger partial charge on any atom is 0.201 e. The van der Waals surface area contributed by atoms with E-state index in [-0.39, 0.29) is 0 Å². The van der Waals surface area contributed by atoms with Crippen LogP contribution in [0, 0.1) is 0 Å². The van der Waals surface area contributed by atoms with E-state index < -0.39 is 0 Å². The third-order valence-corrected chi connectivity index (χ3v) is 3.55. The summed E-state index contributed by atoms with van der Waals surface area (Å²) in [7, 11) is 1.63. The van der Waals surface area contributed by atoms with Crippen molar-refractivity contribution in [2.75, 3.05) is 12.8 Å². The molecule has 2 aromatic heterocycles. The minimum atomic E-state index is 0.489. The Labute approximate surface area is 108 Å². The van der Waals surface area contributed by atoms with Gasteiger partial charge in [-0.05, 0) is 12.1 Å². The first-order valence-corrected chi connectivity index (χ1v) is 6.33. The number of ether oxygens (including phenoxy) is 1. The van der Waals surface area contributed by atoms with Gasteiger partial charge in [-0.3, -0.25) is 4.98 Å². The second-order valence-corrected chi connectivity index (χ2v) is 4.82. The highest BCUT2D eigenvalue weighted by molar-refractivity contribution is 7.09. The molecule has 3 rings (SSSR count). The van der Waals surface area contributed by atoms with Crippen LogP contribution in [0.15, 0.2) is 29.9 Å². The number of nitrogens with zero attached hydrogens (tertiary/aromatic N) is 3. The number of methoxy groups -OCH3 is 1. The average Bonchev–Trinajstić information content (AvgIpc) is 2.99. The lowest BCUT2D eigenvalue weighted by Crippen LogP contribution is -2.03. The fraction of sp³-hybridized carbons (Fsp3) is 0.167. The molecule has 0 aliphatic heterocycles. The first-order chi connectivity index (χ1) is 8.79. The molecule has 0 bridgehead atoms. The van der Waals surface area contributed by atoms with Crippen LogP contribution in [0.4, 0.5) is 5.95 Å². The molecule has 92 valence electrons. The van der Waals surface area contributed by atoms with Crippen molar-refractivity contribution in [3.63, 3.8) is 0 Å². The van der Waals surface area contributed by atoms with E-state index in [2.05, 4.69) is 9.97 Å². The predicted molar refractivity (Wildman–Crippen MR) is 71.9 cm³/mol. The fourth-order valence-electron chi connectivity index (χ4n) is 1.95. The quantitative estimate of drug-likeness (QED) is 0.783. The summed E-state index contributed by atoms with van der Waals surface area (Å²) in [5, 5.41) is 0. The third kappa shape index (κ3) is 1.70. The summed E-state index contributed by atoms with van der Waals surface area (Å²) >= 11 is 1.60. The van der Waals surface area contributed by atoms with E-state index in [0.29, 0.717) is 12.5 Å². The molecule has 5 nitrogen and oxygen atoms in total. The van der Waals surface area contributed by atoms with Gasteiger partial charge in [-0.25, -0.2) is 4.98 Å². The molecule has 0 unspecified atom stereocenters. The van der Waals surface area contributed by atoms with Crippen molar-refractivity contribution in [2.24, 2.45) is 0 Å². The van der Waals surface area contributed by atoms with Crippen LogP contribution in [0.3, 0.4) is 0 Å². The van der Waals surface area contributed by atoms with Crippen LogP contribution in [-0.4, -0.2) is 21.6 Å². The van der Waals surface area contributed by atoms with Gasteiger partial charge in [-0.2, -0.15) is 0 Å². The molecule has 0 saturated carbocycles. The van der Waals surface area contributed by atoms with Gasteiger partial charge in [0.1, 0.15) is 11.3 Å². The number of anilines is 1. The van der Waals surface area contributed by atoms with Crippen molar-refractivity contribution in [3.05, 3.63) is 34.8 Å². The van der Waals surface area contributed by atoms with Crippen molar-refractivity contribution in [2.45, 2.75) is 6.54 Å². The molecule has 0 saturated heterocycles. The van der Waals surface area contributed by atoms with Crippen LogP contribution in [0.5, 0.6) is 5.75 Å². The van der Waals surface area contributed by atoms with Crippen LogP contribution in [-0.2, 0) is 6.54 Å². The summed E-state index contributed by atoms with van der Waals surface area (Å²) in [4.78, 5) is 9.57. The third-order valence-electron chi connectivity index (χ3n) is 2.79. The topological polar surface area (TPSA) is 66.0 Å². The van der Waals surface area contributed by atoms with Crippen LogP contribution < -0.4 is 10.5 Å². The molecule has 6 heteroatoms. The molecular weight excluding hydrogens is 248 g/mol. The highest BCUT2D eigenvalue weighted by Gasteiger charge is 2.12. The SMILES string of the molecule is COc1cccc2c1nc(N)n2Cc1cncs1. The van der Waals surface area contributed by atoms with Crippen molar-refractivity contribution < 1.29 is 4.74 Å². The number of hydrogen-bond donors (Lipinski definition) is 1. The minimum absolute atomic E-state index is 0.489. The lowest BCUT2D eigenvalue weighted by atomic mass is 10.3. The lowest BCUT2D eigenvalue weighted by molar-refractivity contribution is 0.419. The van der Waals surface area contributed by atoms with Crippen LogP contribution in [0.2, 0.25) is 0 Å². The van der Waals surface area contributed by atoms with Crippen LogP contribution in [0.25, 0.3) is 11.0 Å². The number of hydrogen-bond acceptors (Lipinski definition) is 5. The number of para-hydroxylation sites is 1. The Morgan fingerprint density at radius 2 is 2.33 bits per heavy atom. The monoisotopic (exact) mass is 260 g/mol. The zero-order valence-corrected chi connectivity index (χ0v) is 10.6. The minimum Gasteiger partial charge on any atom is -0.494 e. The van der Waals surface area contributed by atoms with E-state index in [1.807, 2.05) is 34.5 Å². The van der Waals surface area contributed by atoms with Gasteiger partial charge in [0.05, 0.1) is 24.7 Å². The molecule has 2 heterocycles. The molecule has 0 aliphatic rings. The number of fused-ring (bicyclic) bond motifs is 1. The van der Waals surface area contributed by atoms with E-state index in [1.54, 1.807) is 18.4 Å². The van der Waals surface area contributed by atoms with E-state index >= 15 is 0 Å². The number of thiazole rings is 1. The molecule has 2 N–H and O–H groups in total. The summed E-state index contributed by atoms with van der Waals surface area (Å²) in [6.45, 7) is 0.681. The van der Waals surface area contributed by atoms with E-state index in [9.17, 15) is 0 Å². The fourth-order valence-corrected chi connectivity index (χ4v) is 2.53. The Kier molecular flexibility index (Phi) is 2.64. The maximum absolute atomic E-state index is 5.97. The Bertz CT molecular complexity index is 675. The highest BCUT2D eigenvalue weighted by atomic mass is 32.1. The molecule has 0 radical (unpaired) electrons. The highest BCUT2D eigenvalue weighted by Crippen LogP contribution is 2.27. The number of nitrogen functional groups attached to an aromatic ring is 1. The van der Waals surface area contributed by atoms with E-state index in [0.717, 1.165) is 21.7 Å². The van der Waals surface area contributed by atoms with Gasteiger partial charge in [0.2, 0.25) is 5.95 Å². The normalized spacial score (nSPS) is 10.9. The van der Waals surface area contributed by atoms with Gasteiger partial charge in [-0.15, -0.1) is 11.3 Å². The van der Waals surface area contributed by atoms with Gasteiger partial charge in [0, 0.05) is 11.1 Å². The summed E-state index contributed by atoms with van der Waals surface area (Å²) in [5.74, 6) is 1.23. The maximum atomic E-state index is 5.97. The number of nitrogens with two attached hydrogens (primary N) is 1. The molecule has 1 aromatic carbocycles. The first kappa shape index (κ1) is 11.0. The van der Waals surface area contributed by atoms with Crippen LogP contribution in [0.1, 0.15) is 4.88 Å². The van der Waals surface area contributed by atoms with Crippen molar-refractivity contribution in [1.29, 1.82) is 0 Å². The number of aromatic nitrogens is 3. The van der Waals surface area contributed by atoms with Crippen molar-refractivity contribution in [1.82, 2.24) is 14.5 Å². The molecule has 0 atom stereocenters. The van der Waals surface area contributed by atoms with Crippen molar-refractivity contribution in [3.8, 4) is 5.75 Å². The van der Waals surface area contributed by atoms with Gasteiger partial charge in [0.25, 0.3) is 0 Å². The number of benzene rings is 1. The Balaban J connectivity index is 2.14. The first-order valence-electron chi connectivity index (χ1n) is 5.45. The lowest BCUT2D eigenvalue weighted by Gasteiger charge is -2.04. The summed E-state index contributed by atoms with van der Waals surface area (Å²) < 4.78 is 7.25. The van der Waals surface area contributed by atoms with Gasteiger partial charge in [-0.1, -0.05) is 6.07 Å².